The summed E-state index contributed by atoms with van der Waals surface area (Å²) in [6, 6.07) is 16.4. The summed E-state index contributed by atoms with van der Waals surface area (Å²) in [6.45, 7) is 4.18. The van der Waals surface area contributed by atoms with Gasteiger partial charge in [0.05, 0.1) is 11.9 Å². The Bertz CT molecular complexity index is 942. The van der Waals surface area contributed by atoms with E-state index >= 15 is 0 Å². The van der Waals surface area contributed by atoms with Gasteiger partial charge in [-0.1, -0.05) is 49.4 Å². The maximum absolute atomic E-state index is 12.2. The van der Waals surface area contributed by atoms with Gasteiger partial charge in [0.25, 0.3) is 0 Å². The van der Waals surface area contributed by atoms with E-state index in [2.05, 4.69) is 5.32 Å². The van der Waals surface area contributed by atoms with Crippen LogP contribution >= 0.6 is 0 Å². The Morgan fingerprint density at radius 2 is 1.76 bits per heavy atom. The lowest BCUT2D eigenvalue weighted by Gasteiger charge is -2.23. The number of benzene rings is 2. The summed E-state index contributed by atoms with van der Waals surface area (Å²) in [7, 11) is -3.53. The van der Waals surface area contributed by atoms with Crippen LogP contribution in [0.4, 0.5) is 5.69 Å². The number of hydrogen-bond acceptors (Lipinski definition) is 4. The Balaban J connectivity index is 1.91. The highest BCUT2D eigenvalue weighted by Gasteiger charge is 2.18. The first-order valence-electron chi connectivity index (χ1n) is 9.59. The van der Waals surface area contributed by atoms with E-state index in [0.717, 1.165) is 11.8 Å². The van der Waals surface area contributed by atoms with Gasteiger partial charge in [-0.25, -0.2) is 8.42 Å². The van der Waals surface area contributed by atoms with Gasteiger partial charge in [0.1, 0.15) is 0 Å². The van der Waals surface area contributed by atoms with Gasteiger partial charge in [0, 0.05) is 25.1 Å². The van der Waals surface area contributed by atoms with E-state index in [0.29, 0.717) is 24.2 Å². The van der Waals surface area contributed by atoms with E-state index < -0.39 is 10.0 Å². The van der Waals surface area contributed by atoms with Crippen molar-refractivity contribution in [2.24, 2.45) is 0 Å². The lowest BCUT2D eigenvalue weighted by molar-refractivity contribution is -0.121. The van der Waals surface area contributed by atoms with Crippen LogP contribution in [0.3, 0.4) is 0 Å². The Morgan fingerprint density at radius 3 is 2.38 bits per heavy atom. The molecule has 0 saturated carbocycles. The summed E-state index contributed by atoms with van der Waals surface area (Å²) in [5.41, 5.74) is 2.03. The molecule has 156 valence electrons. The molecule has 2 aromatic rings. The van der Waals surface area contributed by atoms with Gasteiger partial charge in [0.2, 0.25) is 15.9 Å². The van der Waals surface area contributed by atoms with Crippen LogP contribution in [-0.4, -0.2) is 39.5 Å². The van der Waals surface area contributed by atoms with E-state index in [9.17, 15) is 18.0 Å². The Hall–Kier alpha value is -2.67. The van der Waals surface area contributed by atoms with Gasteiger partial charge in [0.15, 0.2) is 5.78 Å². The van der Waals surface area contributed by atoms with E-state index in [-0.39, 0.29) is 30.6 Å². The Labute approximate surface area is 173 Å². The van der Waals surface area contributed by atoms with Gasteiger partial charge in [-0.3, -0.25) is 13.9 Å². The molecular weight excluding hydrogens is 388 g/mol. The van der Waals surface area contributed by atoms with E-state index in [1.165, 1.54) is 11.2 Å². The summed E-state index contributed by atoms with van der Waals surface area (Å²) < 4.78 is 25.6. The van der Waals surface area contributed by atoms with Crippen LogP contribution in [0.1, 0.15) is 48.5 Å². The summed E-state index contributed by atoms with van der Waals surface area (Å²) in [5, 5.41) is 2.91. The van der Waals surface area contributed by atoms with E-state index in [1.54, 1.807) is 24.3 Å². The van der Waals surface area contributed by atoms with Crippen molar-refractivity contribution in [3.63, 3.8) is 0 Å². The van der Waals surface area contributed by atoms with Gasteiger partial charge in [-0.2, -0.15) is 0 Å². The summed E-state index contributed by atoms with van der Waals surface area (Å²) >= 11 is 0. The number of rotatable bonds is 10. The molecule has 6 nitrogen and oxygen atoms in total. The third kappa shape index (κ3) is 7.02. The average molecular weight is 417 g/mol. The highest BCUT2D eigenvalue weighted by atomic mass is 32.2. The van der Waals surface area contributed by atoms with Gasteiger partial charge in [-0.05, 0) is 37.0 Å². The number of Topliss-reactive ketones (excluding diaryl/α,β-unsaturated/α-hetero) is 1. The third-order valence-corrected chi connectivity index (χ3v) is 5.87. The minimum absolute atomic E-state index is 0.112. The number of ketones is 1. The fraction of sp³-hybridized carbons (Fsp3) is 0.364. The quantitative estimate of drug-likeness (QED) is 0.602. The minimum atomic E-state index is -3.53. The summed E-state index contributed by atoms with van der Waals surface area (Å²) in [6.07, 6.45) is 1.72. The molecule has 0 heterocycles. The van der Waals surface area contributed by atoms with Crippen LogP contribution in [0, 0.1) is 0 Å². The van der Waals surface area contributed by atoms with Crippen molar-refractivity contribution in [2.45, 2.75) is 32.6 Å². The standard InChI is InChI=1S/C22H28N2O4S/c1-17(19-9-5-4-6-10-19)16-23-22(26)13-8-14-24(29(3,27)28)21-12-7-11-20(15-21)18(2)25/h4-7,9-12,15,17H,8,13-14,16H2,1-3H3,(H,23,26). The highest BCUT2D eigenvalue weighted by molar-refractivity contribution is 7.92. The molecule has 0 aliphatic rings. The van der Waals surface area contributed by atoms with Crippen molar-refractivity contribution < 1.29 is 18.0 Å². The Morgan fingerprint density at radius 1 is 1.07 bits per heavy atom. The van der Waals surface area contributed by atoms with Crippen LogP contribution in [0.15, 0.2) is 54.6 Å². The molecule has 0 aliphatic heterocycles. The van der Waals surface area contributed by atoms with Crippen molar-refractivity contribution in [1.29, 1.82) is 0 Å². The summed E-state index contributed by atoms with van der Waals surface area (Å²) in [5.74, 6) is -0.0482. The predicted molar refractivity (Wildman–Crippen MR) is 116 cm³/mol. The second-order valence-electron chi connectivity index (χ2n) is 7.16. The number of anilines is 1. The number of hydrogen-bond donors (Lipinski definition) is 1. The molecular formula is C22H28N2O4S. The third-order valence-electron chi connectivity index (χ3n) is 4.68. The number of nitrogens with one attached hydrogen (secondary N) is 1. The van der Waals surface area contributed by atoms with Crippen LogP contribution in [-0.2, 0) is 14.8 Å². The Kier molecular flexibility index (Phi) is 7.96. The maximum Gasteiger partial charge on any atom is 0.232 e. The molecule has 1 N–H and O–H groups in total. The first kappa shape index (κ1) is 22.6. The predicted octanol–water partition coefficient (Wildman–Crippen LogP) is 3.36. The van der Waals surface area contributed by atoms with Crippen LogP contribution in [0.5, 0.6) is 0 Å². The molecule has 2 aromatic carbocycles. The van der Waals surface area contributed by atoms with E-state index in [1.807, 2.05) is 37.3 Å². The van der Waals surface area contributed by atoms with Crippen molar-refractivity contribution in [3.05, 3.63) is 65.7 Å². The molecule has 1 unspecified atom stereocenters. The van der Waals surface area contributed by atoms with Crippen molar-refractivity contribution >= 4 is 27.4 Å². The zero-order chi connectivity index (χ0) is 21.4. The van der Waals surface area contributed by atoms with Gasteiger partial charge in [-0.15, -0.1) is 0 Å². The fourth-order valence-corrected chi connectivity index (χ4v) is 3.96. The number of carbonyl (C=O) groups excluding carboxylic acids is 2. The largest absolute Gasteiger partial charge is 0.356 e. The molecule has 0 aromatic heterocycles. The lowest BCUT2D eigenvalue weighted by atomic mass is 10.0. The molecule has 0 spiro atoms. The molecule has 1 amide bonds. The number of nitrogens with zero attached hydrogens (tertiary/aromatic N) is 1. The monoisotopic (exact) mass is 416 g/mol. The first-order chi connectivity index (χ1) is 13.7. The molecule has 0 fully saturated rings. The topological polar surface area (TPSA) is 83.6 Å². The molecule has 0 aliphatic carbocycles. The smallest absolute Gasteiger partial charge is 0.232 e. The second kappa shape index (κ2) is 10.2. The molecule has 2 rings (SSSR count). The van der Waals surface area contributed by atoms with Gasteiger partial charge >= 0.3 is 0 Å². The molecule has 0 bridgehead atoms. The normalized spacial score (nSPS) is 12.2. The molecule has 0 saturated heterocycles. The van der Waals surface area contributed by atoms with E-state index in [4.69, 9.17) is 0 Å². The number of sulfonamides is 1. The lowest BCUT2D eigenvalue weighted by Crippen LogP contribution is -2.32. The highest BCUT2D eigenvalue weighted by Crippen LogP contribution is 2.20. The summed E-state index contributed by atoms with van der Waals surface area (Å²) in [4.78, 5) is 23.7. The molecule has 7 heteroatoms. The maximum atomic E-state index is 12.2. The molecule has 0 radical (unpaired) electrons. The second-order valence-corrected chi connectivity index (χ2v) is 9.07. The zero-order valence-corrected chi connectivity index (χ0v) is 17.9. The van der Waals surface area contributed by atoms with Crippen molar-refractivity contribution in [1.82, 2.24) is 5.32 Å². The average Bonchev–Trinajstić information content (AvgIpc) is 2.69. The van der Waals surface area contributed by atoms with Crippen molar-refractivity contribution in [3.8, 4) is 0 Å². The first-order valence-corrected chi connectivity index (χ1v) is 11.4. The van der Waals surface area contributed by atoms with Gasteiger partial charge < -0.3 is 5.32 Å². The molecule has 1 atom stereocenters. The van der Waals surface area contributed by atoms with Crippen LogP contribution < -0.4 is 9.62 Å². The number of carbonyl (C=O) groups is 2. The zero-order valence-electron chi connectivity index (χ0n) is 17.1. The van der Waals surface area contributed by atoms with Crippen molar-refractivity contribution in [2.75, 3.05) is 23.7 Å². The fourth-order valence-electron chi connectivity index (χ4n) is 3.00. The number of amides is 1. The van der Waals surface area contributed by atoms with Crippen LogP contribution in [0.25, 0.3) is 0 Å². The molecule has 29 heavy (non-hydrogen) atoms. The minimum Gasteiger partial charge on any atom is -0.356 e. The van der Waals surface area contributed by atoms with Crippen LogP contribution in [0.2, 0.25) is 0 Å². The SMILES string of the molecule is CC(=O)c1cccc(N(CCCC(=O)NCC(C)c2ccccc2)S(C)(=O)=O)c1.